The maximum absolute atomic E-state index is 13.0. The van der Waals surface area contributed by atoms with E-state index in [1.165, 1.54) is 4.90 Å². The van der Waals surface area contributed by atoms with Crippen LogP contribution in [0.3, 0.4) is 0 Å². The van der Waals surface area contributed by atoms with Crippen molar-refractivity contribution in [3.05, 3.63) is 71.3 Å². The molecule has 1 heterocycles. The van der Waals surface area contributed by atoms with Gasteiger partial charge in [-0.3, -0.25) is 4.79 Å². The first-order valence-corrected chi connectivity index (χ1v) is 8.56. The van der Waals surface area contributed by atoms with Gasteiger partial charge in [0.05, 0.1) is 0 Å². The minimum atomic E-state index is -0.974. The highest BCUT2D eigenvalue weighted by Gasteiger charge is 2.37. The van der Waals surface area contributed by atoms with Crippen molar-refractivity contribution in [2.24, 2.45) is 0 Å². The Morgan fingerprint density at radius 3 is 2.40 bits per heavy atom. The third-order valence-electron chi connectivity index (χ3n) is 4.99. The summed E-state index contributed by atoms with van der Waals surface area (Å²) < 4.78 is 0. The van der Waals surface area contributed by atoms with E-state index in [-0.39, 0.29) is 17.7 Å². The molecular weight excluding hydrogens is 314 g/mol. The molecule has 4 heteroatoms. The predicted molar refractivity (Wildman–Crippen MR) is 96.3 cm³/mol. The fourth-order valence-corrected chi connectivity index (χ4v) is 3.57. The van der Waals surface area contributed by atoms with Crippen LogP contribution in [0.2, 0.25) is 0 Å². The van der Waals surface area contributed by atoms with Crippen molar-refractivity contribution >= 4 is 11.9 Å². The van der Waals surface area contributed by atoms with Gasteiger partial charge in [0.2, 0.25) is 5.91 Å². The Bertz CT molecular complexity index is 783. The number of rotatable bonds is 4. The predicted octanol–water partition coefficient (Wildman–Crippen LogP) is 3.56. The number of hydrogen-bond acceptors (Lipinski definition) is 2. The van der Waals surface area contributed by atoms with Crippen molar-refractivity contribution in [1.29, 1.82) is 0 Å². The first kappa shape index (κ1) is 17.2. The highest BCUT2D eigenvalue weighted by Crippen LogP contribution is 2.33. The van der Waals surface area contributed by atoms with Gasteiger partial charge in [-0.05, 0) is 28.5 Å². The molecule has 25 heavy (non-hydrogen) atoms. The maximum atomic E-state index is 13.0. The first-order valence-electron chi connectivity index (χ1n) is 8.56. The van der Waals surface area contributed by atoms with Crippen molar-refractivity contribution in [3.63, 3.8) is 0 Å². The Hall–Kier alpha value is -2.62. The van der Waals surface area contributed by atoms with Crippen LogP contribution in [0, 0.1) is 0 Å². The minimum absolute atomic E-state index is 0.115. The van der Waals surface area contributed by atoms with Crippen LogP contribution < -0.4 is 0 Å². The van der Waals surface area contributed by atoms with Gasteiger partial charge in [-0.25, -0.2) is 4.79 Å². The lowest BCUT2D eigenvalue weighted by Gasteiger charge is -2.37. The second kappa shape index (κ2) is 6.71. The SMILES string of the molecule is CC(C)(CC(=O)N1CCc2ccccc2C1C(=O)O)c1ccccc1. The van der Waals surface area contributed by atoms with Crippen LogP contribution in [0.5, 0.6) is 0 Å². The molecule has 1 aliphatic heterocycles. The lowest BCUT2D eigenvalue weighted by Crippen LogP contribution is -2.45. The highest BCUT2D eigenvalue weighted by atomic mass is 16.4. The van der Waals surface area contributed by atoms with Gasteiger partial charge < -0.3 is 10.0 Å². The Balaban J connectivity index is 1.86. The average Bonchev–Trinajstić information content (AvgIpc) is 2.61. The Morgan fingerprint density at radius 2 is 1.72 bits per heavy atom. The lowest BCUT2D eigenvalue weighted by atomic mass is 9.80. The zero-order valence-corrected chi connectivity index (χ0v) is 14.6. The molecule has 1 amide bonds. The molecule has 0 bridgehead atoms. The van der Waals surface area contributed by atoms with Crippen LogP contribution in [-0.2, 0) is 21.4 Å². The number of carbonyl (C=O) groups is 2. The van der Waals surface area contributed by atoms with Crippen LogP contribution in [-0.4, -0.2) is 28.4 Å². The zero-order valence-electron chi connectivity index (χ0n) is 14.6. The largest absolute Gasteiger partial charge is 0.479 e. The number of carboxylic acid groups (broad SMARTS) is 1. The number of benzene rings is 2. The van der Waals surface area contributed by atoms with Gasteiger partial charge in [-0.1, -0.05) is 68.4 Å². The first-order chi connectivity index (χ1) is 11.9. The summed E-state index contributed by atoms with van der Waals surface area (Å²) in [5, 5.41) is 9.73. The molecule has 130 valence electrons. The number of carboxylic acids is 1. The van der Waals surface area contributed by atoms with Gasteiger partial charge in [0.25, 0.3) is 0 Å². The monoisotopic (exact) mass is 337 g/mol. The number of aliphatic carboxylic acids is 1. The topological polar surface area (TPSA) is 57.6 Å². The van der Waals surface area contributed by atoms with Gasteiger partial charge in [0, 0.05) is 13.0 Å². The number of carbonyl (C=O) groups excluding carboxylic acids is 1. The van der Waals surface area contributed by atoms with E-state index in [4.69, 9.17) is 0 Å². The molecule has 1 atom stereocenters. The molecule has 0 spiro atoms. The van der Waals surface area contributed by atoms with Crippen LogP contribution in [0.1, 0.15) is 43.0 Å². The molecule has 0 saturated carbocycles. The van der Waals surface area contributed by atoms with Crippen molar-refractivity contribution in [2.75, 3.05) is 6.54 Å². The van der Waals surface area contributed by atoms with Gasteiger partial charge in [0.15, 0.2) is 6.04 Å². The smallest absolute Gasteiger partial charge is 0.331 e. The molecule has 0 aliphatic carbocycles. The molecule has 0 aromatic heterocycles. The lowest BCUT2D eigenvalue weighted by molar-refractivity contribution is -0.151. The summed E-state index contributed by atoms with van der Waals surface area (Å²) in [6, 6.07) is 16.5. The molecule has 1 unspecified atom stereocenters. The van der Waals surface area contributed by atoms with E-state index in [1.807, 2.05) is 68.4 Å². The number of fused-ring (bicyclic) bond motifs is 1. The third kappa shape index (κ3) is 3.43. The van der Waals surface area contributed by atoms with Crippen LogP contribution >= 0.6 is 0 Å². The summed E-state index contributed by atoms with van der Waals surface area (Å²) in [6.45, 7) is 4.49. The van der Waals surface area contributed by atoms with Crippen molar-refractivity contribution in [1.82, 2.24) is 4.90 Å². The fourth-order valence-electron chi connectivity index (χ4n) is 3.57. The van der Waals surface area contributed by atoms with Crippen molar-refractivity contribution in [3.8, 4) is 0 Å². The molecular formula is C21H23NO3. The summed E-state index contributed by atoms with van der Waals surface area (Å²) in [4.78, 5) is 26.4. The van der Waals surface area contributed by atoms with E-state index in [9.17, 15) is 14.7 Å². The summed E-state index contributed by atoms with van der Waals surface area (Å²) in [7, 11) is 0. The van der Waals surface area contributed by atoms with E-state index in [0.29, 0.717) is 13.0 Å². The van der Waals surface area contributed by atoms with Crippen molar-refractivity contribution in [2.45, 2.75) is 38.1 Å². The molecule has 1 aliphatic rings. The highest BCUT2D eigenvalue weighted by molar-refractivity contribution is 5.86. The molecule has 0 radical (unpaired) electrons. The molecule has 1 N–H and O–H groups in total. The molecule has 2 aromatic rings. The van der Waals surface area contributed by atoms with Gasteiger partial charge in [0.1, 0.15) is 0 Å². The van der Waals surface area contributed by atoms with Gasteiger partial charge in [-0.15, -0.1) is 0 Å². The Kier molecular flexibility index (Phi) is 4.62. The van der Waals surface area contributed by atoms with E-state index in [0.717, 1.165) is 16.7 Å². The molecule has 2 aromatic carbocycles. The van der Waals surface area contributed by atoms with Crippen molar-refractivity contribution < 1.29 is 14.7 Å². The third-order valence-corrected chi connectivity index (χ3v) is 4.99. The Labute approximate surface area is 148 Å². The van der Waals surface area contributed by atoms with Gasteiger partial charge in [-0.2, -0.15) is 0 Å². The molecule has 4 nitrogen and oxygen atoms in total. The van der Waals surface area contributed by atoms with E-state index in [1.54, 1.807) is 0 Å². The number of nitrogens with zero attached hydrogens (tertiary/aromatic N) is 1. The van der Waals surface area contributed by atoms with Crippen LogP contribution in [0.15, 0.2) is 54.6 Å². The fraction of sp³-hybridized carbons (Fsp3) is 0.333. The average molecular weight is 337 g/mol. The second-order valence-corrected chi connectivity index (χ2v) is 7.20. The van der Waals surface area contributed by atoms with Crippen LogP contribution in [0.4, 0.5) is 0 Å². The summed E-state index contributed by atoms with van der Waals surface area (Å²) in [5.41, 5.74) is 2.47. The summed E-state index contributed by atoms with van der Waals surface area (Å²) in [5.74, 6) is -1.09. The maximum Gasteiger partial charge on any atom is 0.331 e. The normalized spacial score (nSPS) is 17.0. The molecule has 0 fully saturated rings. The zero-order chi connectivity index (χ0) is 18.0. The molecule has 3 rings (SSSR count). The van der Waals surface area contributed by atoms with Gasteiger partial charge >= 0.3 is 5.97 Å². The number of amides is 1. The summed E-state index contributed by atoms with van der Waals surface area (Å²) in [6.07, 6.45) is 0.973. The van der Waals surface area contributed by atoms with E-state index in [2.05, 4.69) is 0 Å². The summed E-state index contributed by atoms with van der Waals surface area (Å²) >= 11 is 0. The number of hydrogen-bond donors (Lipinski definition) is 1. The minimum Gasteiger partial charge on any atom is -0.479 e. The van der Waals surface area contributed by atoms with E-state index >= 15 is 0 Å². The Morgan fingerprint density at radius 1 is 1.08 bits per heavy atom. The quantitative estimate of drug-likeness (QED) is 0.928. The van der Waals surface area contributed by atoms with Crippen LogP contribution in [0.25, 0.3) is 0 Å². The second-order valence-electron chi connectivity index (χ2n) is 7.20. The van der Waals surface area contributed by atoms with E-state index < -0.39 is 12.0 Å². The molecule has 0 saturated heterocycles. The standard InChI is InChI=1S/C21H23NO3/c1-21(2,16-9-4-3-5-10-16)14-18(23)22-13-12-15-8-6-7-11-17(15)19(22)20(24)25/h3-11,19H,12-14H2,1-2H3,(H,24,25).